The molecule has 2 saturated heterocycles. The number of hydrogen-bond acceptors (Lipinski definition) is 9. The van der Waals surface area contributed by atoms with Crippen molar-refractivity contribution in [1.82, 2.24) is 0 Å². The molecular weight excluding hydrogens is 286 g/mol. The Kier molecular flexibility index (Phi) is 5.52. The lowest BCUT2D eigenvalue weighted by molar-refractivity contribution is -0.272. The third kappa shape index (κ3) is 3.36. The summed E-state index contributed by atoms with van der Waals surface area (Å²) in [5, 5.41) is 47.9. The Bertz CT molecular complexity index is 343. The van der Waals surface area contributed by atoms with E-state index < -0.39 is 61.7 Å². The second-order valence-corrected chi connectivity index (χ2v) is 5.48. The fourth-order valence-electron chi connectivity index (χ4n) is 2.52. The molecule has 7 N–H and O–H groups in total. The van der Waals surface area contributed by atoms with Gasteiger partial charge in [0.2, 0.25) is 0 Å². The van der Waals surface area contributed by atoms with Gasteiger partial charge in [-0.1, -0.05) is 0 Å². The highest BCUT2D eigenvalue weighted by molar-refractivity contribution is 4.92. The zero-order chi connectivity index (χ0) is 15.7. The van der Waals surface area contributed by atoms with Crippen LogP contribution in [0.1, 0.15) is 6.92 Å². The molecular formula is C12H23NO8. The van der Waals surface area contributed by atoms with Gasteiger partial charge in [-0.05, 0) is 6.92 Å². The molecule has 0 saturated carbocycles. The van der Waals surface area contributed by atoms with Crippen LogP contribution in [0.15, 0.2) is 0 Å². The third-order valence-electron chi connectivity index (χ3n) is 3.95. The molecule has 0 amide bonds. The molecule has 0 aromatic rings. The summed E-state index contributed by atoms with van der Waals surface area (Å²) in [6, 6.07) is -1.01. The van der Waals surface area contributed by atoms with Gasteiger partial charge in [0.15, 0.2) is 6.29 Å². The van der Waals surface area contributed by atoms with Crippen LogP contribution >= 0.6 is 0 Å². The van der Waals surface area contributed by atoms with Crippen LogP contribution in [0, 0.1) is 0 Å². The molecule has 9 atom stereocenters. The number of aliphatic hydroxyl groups excluding tert-OH is 5. The molecule has 124 valence electrons. The van der Waals surface area contributed by atoms with Crippen molar-refractivity contribution in [2.45, 2.75) is 62.0 Å². The lowest BCUT2D eigenvalue weighted by Crippen LogP contribution is -2.62. The first-order valence-electron chi connectivity index (χ1n) is 6.88. The van der Waals surface area contributed by atoms with E-state index in [-0.39, 0.29) is 6.61 Å². The quantitative estimate of drug-likeness (QED) is 0.307. The second kappa shape index (κ2) is 6.82. The first-order chi connectivity index (χ1) is 9.86. The van der Waals surface area contributed by atoms with E-state index in [0.717, 1.165) is 0 Å². The Morgan fingerprint density at radius 3 is 2.10 bits per heavy atom. The normalized spacial score (nSPS) is 51.3. The molecule has 0 aromatic carbocycles. The average Bonchev–Trinajstić information content (AvgIpc) is 2.71. The number of rotatable bonds is 4. The van der Waals surface area contributed by atoms with Gasteiger partial charge in [-0.3, -0.25) is 0 Å². The van der Waals surface area contributed by atoms with Gasteiger partial charge in [0.25, 0.3) is 0 Å². The minimum Gasteiger partial charge on any atom is -0.394 e. The highest BCUT2D eigenvalue weighted by Gasteiger charge is 2.45. The fourth-order valence-corrected chi connectivity index (χ4v) is 2.52. The lowest BCUT2D eigenvalue weighted by Gasteiger charge is -2.40. The largest absolute Gasteiger partial charge is 0.394 e. The number of ether oxygens (including phenoxy) is 3. The summed E-state index contributed by atoms with van der Waals surface area (Å²) in [6.07, 6.45) is -8.05. The average molecular weight is 309 g/mol. The van der Waals surface area contributed by atoms with Crippen LogP contribution in [0.3, 0.4) is 0 Å². The van der Waals surface area contributed by atoms with Crippen molar-refractivity contribution in [1.29, 1.82) is 0 Å². The highest BCUT2D eigenvalue weighted by atomic mass is 16.7. The van der Waals surface area contributed by atoms with Crippen molar-refractivity contribution in [3.8, 4) is 0 Å². The molecule has 0 aliphatic carbocycles. The second-order valence-electron chi connectivity index (χ2n) is 5.48. The van der Waals surface area contributed by atoms with Crippen molar-refractivity contribution in [3.63, 3.8) is 0 Å². The van der Waals surface area contributed by atoms with Crippen LogP contribution in [0.5, 0.6) is 0 Å². The molecule has 1 unspecified atom stereocenters. The molecule has 2 aliphatic rings. The van der Waals surface area contributed by atoms with Gasteiger partial charge >= 0.3 is 0 Å². The Morgan fingerprint density at radius 1 is 0.952 bits per heavy atom. The van der Waals surface area contributed by atoms with Crippen molar-refractivity contribution >= 4 is 0 Å². The van der Waals surface area contributed by atoms with Crippen LogP contribution in [0.4, 0.5) is 0 Å². The number of hydrogen-bond donors (Lipinski definition) is 6. The van der Waals surface area contributed by atoms with Crippen molar-refractivity contribution in [2.24, 2.45) is 5.73 Å². The van der Waals surface area contributed by atoms with Gasteiger partial charge in [0, 0.05) is 0 Å². The maximum atomic E-state index is 9.78. The third-order valence-corrected chi connectivity index (χ3v) is 3.95. The van der Waals surface area contributed by atoms with Crippen molar-refractivity contribution in [3.05, 3.63) is 0 Å². The minimum absolute atomic E-state index is 0.109. The molecule has 21 heavy (non-hydrogen) atoms. The van der Waals surface area contributed by atoms with Crippen LogP contribution in [0.2, 0.25) is 0 Å². The van der Waals surface area contributed by atoms with Crippen LogP contribution in [0.25, 0.3) is 0 Å². The van der Waals surface area contributed by atoms with Gasteiger partial charge < -0.3 is 45.5 Å². The highest BCUT2D eigenvalue weighted by Crippen LogP contribution is 2.24. The summed E-state index contributed by atoms with van der Waals surface area (Å²) in [5.74, 6) is 0. The van der Waals surface area contributed by atoms with E-state index >= 15 is 0 Å². The summed E-state index contributed by atoms with van der Waals surface area (Å²) in [4.78, 5) is 0. The van der Waals surface area contributed by atoms with E-state index in [1.54, 1.807) is 6.92 Å². The molecule has 0 spiro atoms. The van der Waals surface area contributed by atoms with Crippen molar-refractivity contribution < 1.29 is 39.7 Å². The summed E-state index contributed by atoms with van der Waals surface area (Å²) < 4.78 is 16.0. The van der Waals surface area contributed by atoms with Gasteiger partial charge in [0.05, 0.1) is 25.4 Å². The van der Waals surface area contributed by atoms with E-state index in [1.807, 2.05) is 0 Å². The molecule has 2 heterocycles. The maximum Gasteiger partial charge on any atom is 0.175 e. The predicted molar refractivity (Wildman–Crippen MR) is 68.0 cm³/mol. The SMILES string of the molecule is C[C@H]1O[C@H](COC2O[C@H](CO)[C@@H](O)[C@H](O)[C@H]2N)[C@H](O)[C@H]1O. The summed E-state index contributed by atoms with van der Waals surface area (Å²) in [7, 11) is 0. The zero-order valence-corrected chi connectivity index (χ0v) is 11.6. The van der Waals surface area contributed by atoms with Crippen LogP contribution < -0.4 is 5.73 Å². The van der Waals surface area contributed by atoms with Gasteiger partial charge in [-0.15, -0.1) is 0 Å². The monoisotopic (exact) mass is 309 g/mol. The van der Waals surface area contributed by atoms with E-state index in [1.165, 1.54) is 0 Å². The standard InChI is InChI=1S/C12H23NO8/c1-4-8(15)10(17)6(20-4)3-19-12-7(13)11(18)9(16)5(2-14)21-12/h4-12,14-18H,2-3,13H2,1H3/t4-,5-,6-,7-,8+,9-,10+,11-,12?/m1/s1. The first kappa shape index (κ1) is 17.0. The smallest absolute Gasteiger partial charge is 0.175 e. The van der Waals surface area contributed by atoms with E-state index in [2.05, 4.69) is 0 Å². The molecule has 2 rings (SSSR count). The maximum absolute atomic E-state index is 9.78. The molecule has 9 heteroatoms. The molecule has 2 aliphatic heterocycles. The van der Waals surface area contributed by atoms with Gasteiger partial charge in [-0.2, -0.15) is 0 Å². The van der Waals surface area contributed by atoms with Gasteiger partial charge in [-0.25, -0.2) is 0 Å². The Balaban J connectivity index is 1.90. The fraction of sp³-hybridized carbons (Fsp3) is 1.00. The number of aliphatic hydroxyl groups is 5. The number of nitrogens with two attached hydrogens (primary N) is 1. The molecule has 0 radical (unpaired) electrons. The van der Waals surface area contributed by atoms with Crippen LogP contribution in [-0.2, 0) is 14.2 Å². The lowest BCUT2D eigenvalue weighted by atomic mass is 9.98. The van der Waals surface area contributed by atoms with Gasteiger partial charge in [0.1, 0.15) is 36.6 Å². The molecule has 2 fully saturated rings. The Morgan fingerprint density at radius 2 is 1.57 bits per heavy atom. The summed E-state index contributed by atoms with van der Waals surface area (Å²) in [6.45, 7) is 1.02. The predicted octanol–water partition coefficient (Wildman–Crippen LogP) is -3.72. The molecule has 0 aromatic heterocycles. The minimum atomic E-state index is -1.31. The van der Waals surface area contributed by atoms with Crippen LogP contribution in [-0.4, -0.2) is 93.8 Å². The summed E-state index contributed by atoms with van der Waals surface area (Å²) >= 11 is 0. The topological polar surface area (TPSA) is 155 Å². The van der Waals surface area contributed by atoms with E-state index in [4.69, 9.17) is 25.1 Å². The molecule has 9 nitrogen and oxygen atoms in total. The van der Waals surface area contributed by atoms with E-state index in [0.29, 0.717) is 0 Å². The Labute approximate surface area is 121 Å². The van der Waals surface area contributed by atoms with Crippen molar-refractivity contribution in [2.75, 3.05) is 13.2 Å². The van der Waals surface area contributed by atoms with E-state index in [9.17, 15) is 20.4 Å². The zero-order valence-electron chi connectivity index (χ0n) is 11.6. The Hall–Kier alpha value is -0.360. The molecule has 0 bridgehead atoms. The first-order valence-corrected chi connectivity index (χ1v) is 6.88. The summed E-state index contributed by atoms with van der Waals surface area (Å²) in [5.41, 5.74) is 5.71.